The second-order valence-electron chi connectivity index (χ2n) is 9.60. The van der Waals surface area contributed by atoms with Crippen molar-refractivity contribution in [2.45, 2.75) is 110 Å². The molecule has 146 valence electrons. The zero-order valence-electron chi connectivity index (χ0n) is 17.2. The Hall–Kier alpha value is -0.120. The molecule has 0 aromatic heterocycles. The molecule has 0 radical (unpaired) electrons. The summed E-state index contributed by atoms with van der Waals surface area (Å²) in [4.78, 5) is 2.67. The van der Waals surface area contributed by atoms with Gasteiger partial charge in [-0.1, -0.05) is 33.6 Å². The first-order valence-corrected chi connectivity index (χ1v) is 11.0. The first-order valence-electron chi connectivity index (χ1n) is 11.0. The lowest BCUT2D eigenvalue weighted by Gasteiger charge is -2.42. The summed E-state index contributed by atoms with van der Waals surface area (Å²) in [5.41, 5.74) is 0.463. The van der Waals surface area contributed by atoms with E-state index in [0.717, 1.165) is 37.8 Å². The van der Waals surface area contributed by atoms with Crippen LogP contribution in [0.1, 0.15) is 91.9 Å². The summed E-state index contributed by atoms with van der Waals surface area (Å²) in [5.74, 6) is 0.596. The molecule has 3 nitrogen and oxygen atoms in total. The highest BCUT2D eigenvalue weighted by molar-refractivity contribution is 4.89. The first-order chi connectivity index (χ1) is 11.9. The third kappa shape index (κ3) is 4.78. The molecule has 0 aromatic rings. The lowest BCUT2D eigenvalue weighted by Crippen LogP contribution is -2.39. The van der Waals surface area contributed by atoms with Crippen LogP contribution in [0.3, 0.4) is 0 Å². The second-order valence-corrected chi connectivity index (χ2v) is 9.60. The fourth-order valence-corrected chi connectivity index (χ4v) is 5.16. The number of nitrogens with zero attached hydrogens (tertiary/aromatic N) is 1. The minimum atomic E-state index is -0.233. The molecule has 1 aliphatic carbocycles. The third-order valence-electron chi connectivity index (χ3n) is 7.59. The quantitative estimate of drug-likeness (QED) is 0.641. The Morgan fingerprint density at radius 3 is 2.56 bits per heavy atom. The van der Waals surface area contributed by atoms with Gasteiger partial charge in [-0.15, -0.1) is 0 Å². The van der Waals surface area contributed by atoms with Crippen LogP contribution in [-0.4, -0.2) is 42.5 Å². The van der Waals surface area contributed by atoms with Gasteiger partial charge in [0, 0.05) is 18.9 Å². The summed E-state index contributed by atoms with van der Waals surface area (Å²) < 4.78 is 12.7. The lowest BCUT2D eigenvalue weighted by molar-refractivity contribution is -0.197. The fourth-order valence-electron chi connectivity index (χ4n) is 5.16. The molecule has 2 atom stereocenters. The van der Waals surface area contributed by atoms with Crippen LogP contribution in [0.25, 0.3) is 0 Å². The number of rotatable bonds is 6. The molecule has 3 rings (SSSR count). The summed E-state index contributed by atoms with van der Waals surface area (Å²) in [6.07, 6.45) is 12.9. The van der Waals surface area contributed by atoms with Gasteiger partial charge in [-0.3, -0.25) is 0 Å². The predicted molar refractivity (Wildman–Crippen MR) is 104 cm³/mol. The van der Waals surface area contributed by atoms with Gasteiger partial charge in [0.1, 0.15) is 0 Å². The Labute approximate surface area is 155 Å². The van der Waals surface area contributed by atoms with Crippen molar-refractivity contribution < 1.29 is 9.47 Å². The van der Waals surface area contributed by atoms with Crippen molar-refractivity contribution in [3.8, 4) is 0 Å². The van der Waals surface area contributed by atoms with E-state index in [9.17, 15) is 0 Å². The van der Waals surface area contributed by atoms with Crippen LogP contribution in [0.5, 0.6) is 0 Å². The highest BCUT2D eigenvalue weighted by atomic mass is 16.7. The largest absolute Gasteiger partial charge is 0.347 e. The van der Waals surface area contributed by atoms with Gasteiger partial charge < -0.3 is 14.4 Å². The van der Waals surface area contributed by atoms with Gasteiger partial charge in [-0.2, -0.15) is 0 Å². The van der Waals surface area contributed by atoms with Crippen LogP contribution in [-0.2, 0) is 9.47 Å². The second kappa shape index (κ2) is 8.27. The number of likely N-dealkylation sites (tertiary alicyclic amines) is 1. The van der Waals surface area contributed by atoms with Crippen molar-refractivity contribution in [1.82, 2.24) is 4.90 Å². The van der Waals surface area contributed by atoms with E-state index in [0.29, 0.717) is 11.5 Å². The predicted octanol–water partition coefficient (Wildman–Crippen LogP) is 5.38. The summed E-state index contributed by atoms with van der Waals surface area (Å²) in [5, 5.41) is 0. The topological polar surface area (TPSA) is 21.7 Å². The molecule has 3 heteroatoms. The van der Waals surface area contributed by atoms with E-state index in [1.165, 1.54) is 58.0 Å². The molecule has 0 bridgehead atoms. The first kappa shape index (κ1) is 19.6. The molecule has 0 N–H and O–H groups in total. The van der Waals surface area contributed by atoms with Crippen LogP contribution >= 0.6 is 0 Å². The standard InChI is InChI=1S/C22H41NO2/c1-5-21(3,4)19-11-13-22(14-12-19)24-17-20(25-22)10-8-16-23-15-7-6-9-18(23)2/h18-20H,5-17H2,1-4H3. The molecule has 1 saturated carbocycles. The normalized spacial score (nSPS) is 37.7. The smallest absolute Gasteiger partial charge is 0.168 e. The van der Waals surface area contributed by atoms with Crippen molar-refractivity contribution in [2.24, 2.45) is 11.3 Å². The number of hydrogen-bond donors (Lipinski definition) is 0. The van der Waals surface area contributed by atoms with Gasteiger partial charge in [0.05, 0.1) is 12.7 Å². The Balaban J connectivity index is 1.39. The summed E-state index contributed by atoms with van der Waals surface area (Å²) in [6.45, 7) is 12.9. The minimum absolute atomic E-state index is 0.233. The highest BCUT2D eigenvalue weighted by Crippen LogP contribution is 2.47. The number of ether oxygens (including phenoxy) is 2. The van der Waals surface area contributed by atoms with Gasteiger partial charge in [0.15, 0.2) is 5.79 Å². The van der Waals surface area contributed by atoms with E-state index in [4.69, 9.17) is 9.47 Å². The molecule has 3 aliphatic rings. The van der Waals surface area contributed by atoms with E-state index in [2.05, 4.69) is 32.6 Å². The molecule has 3 fully saturated rings. The Morgan fingerprint density at radius 2 is 1.88 bits per heavy atom. The zero-order valence-corrected chi connectivity index (χ0v) is 17.2. The highest BCUT2D eigenvalue weighted by Gasteiger charge is 2.46. The molecule has 25 heavy (non-hydrogen) atoms. The van der Waals surface area contributed by atoms with E-state index < -0.39 is 0 Å². The van der Waals surface area contributed by atoms with Crippen LogP contribution in [0.2, 0.25) is 0 Å². The fraction of sp³-hybridized carbons (Fsp3) is 1.00. The van der Waals surface area contributed by atoms with Gasteiger partial charge in [-0.05, 0) is 69.9 Å². The van der Waals surface area contributed by atoms with Gasteiger partial charge in [-0.25, -0.2) is 0 Å². The molecule has 0 amide bonds. The molecule has 2 saturated heterocycles. The SMILES string of the molecule is CCC(C)(C)C1CCC2(CC1)OCC(CCCN1CCCCC1C)O2. The molecule has 2 aliphatic heterocycles. The Morgan fingerprint density at radius 1 is 1.12 bits per heavy atom. The summed E-state index contributed by atoms with van der Waals surface area (Å²) >= 11 is 0. The van der Waals surface area contributed by atoms with E-state index >= 15 is 0 Å². The average molecular weight is 352 g/mol. The molecular formula is C22H41NO2. The van der Waals surface area contributed by atoms with E-state index in [1.807, 2.05) is 0 Å². The van der Waals surface area contributed by atoms with Crippen LogP contribution < -0.4 is 0 Å². The monoisotopic (exact) mass is 351 g/mol. The van der Waals surface area contributed by atoms with Crippen molar-refractivity contribution in [1.29, 1.82) is 0 Å². The van der Waals surface area contributed by atoms with Crippen molar-refractivity contribution in [2.75, 3.05) is 19.7 Å². The molecule has 2 unspecified atom stereocenters. The molecule has 1 spiro atoms. The molecule has 0 aromatic carbocycles. The zero-order chi connectivity index (χ0) is 17.9. The minimum Gasteiger partial charge on any atom is -0.347 e. The van der Waals surface area contributed by atoms with Crippen LogP contribution in [0.4, 0.5) is 0 Å². The van der Waals surface area contributed by atoms with E-state index in [-0.39, 0.29) is 5.79 Å². The Bertz CT molecular complexity index is 414. The molecule has 2 heterocycles. The van der Waals surface area contributed by atoms with E-state index in [1.54, 1.807) is 0 Å². The van der Waals surface area contributed by atoms with Crippen LogP contribution in [0, 0.1) is 11.3 Å². The maximum atomic E-state index is 6.46. The van der Waals surface area contributed by atoms with Crippen molar-refractivity contribution in [3.63, 3.8) is 0 Å². The number of piperidine rings is 1. The maximum absolute atomic E-state index is 6.46. The summed E-state index contributed by atoms with van der Waals surface area (Å²) in [7, 11) is 0. The van der Waals surface area contributed by atoms with Crippen LogP contribution in [0.15, 0.2) is 0 Å². The summed E-state index contributed by atoms with van der Waals surface area (Å²) in [6, 6.07) is 0.776. The van der Waals surface area contributed by atoms with Gasteiger partial charge in [0.25, 0.3) is 0 Å². The van der Waals surface area contributed by atoms with Crippen molar-refractivity contribution in [3.05, 3.63) is 0 Å². The maximum Gasteiger partial charge on any atom is 0.168 e. The van der Waals surface area contributed by atoms with Crippen molar-refractivity contribution >= 4 is 0 Å². The average Bonchev–Trinajstić information content (AvgIpc) is 2.99. The van der Waals surface area contributed by atoms with Gasteiger partial charge >= 0.3 is 0 Å². The Kier molecular flexibility index (Phi) is 6.50. The molecular weight excluding hydrogens is 310 g/mol. The van der Waals surface area contributed by atoms with Gasteiger partial charge in [0.2, 0.25) is 0 Å². The lowest BCUT2D eigenvalue weighted by atomic mass is 9.68. The number of hydrogen-bond acceptors (Lipinski definition) is 3. The third-order valence-corrected chi connectivity index (χ3v) is 7.59.